The molecule has 0 spiro atoms. The van der Waals surface area contributed by atoms with E-state index in [1.54, 1.807) is 17.5 Å². The number of fused-ring (bicyclic) bond motifs is 1. The average Bonchev–Trinajstić information content (AvgIpc) is 3.09. The molecule has 4 heteroatoms. The molecule has 1 aromatic carbocycles. The molecule has 2 aromatic heterocycles. The normalized spacial score (nSPS) is 9.52. The number of pyridine rings is 1. The zero-order chi connectivity index (χ0) is 16.9. The Balaban J connectivity index is 0.000000208. The smallest absolute Gasteiger partial charge is 0.142 e. The molecule has 23 heavy (non-hydrogen) atoms. The summed E-state index contributed by atoms with van der Waals surface area (Å²) in [5, 5.41) is 15.2. The fraction of sp³-hybridized carbons (Fsp3) is 0.316. The van der Waals surface area contributed by atoms with E-state index in [-0.39, 0.29) is 5.75 Å². The second-order valence-corrected chi connectivity index (χ2v) is 5.63. The van der Waals surface area contributed by atoms with Gasteiger partial charge in [0.2, 0.25) is 0 Å². The van der Waals surface area contributed by atoms with Crippen LogP contribution in [0.2, 0.25) is 0 Å². The van der Waals surface area contributed by atoms with Crippen LogP contribution >= 0.6 is 11.3 Å². The van der Waals surface area contributed by atoms with Crippen molar-refractivity contribution in [1.29, 1.82) is 0 Å². The number of thiophene rings is 1. The van der Waals surface area contributed by atoms with Crippen molar-refractivity contribution in [2.75, 3.05) is 13.6 Å². The number of rotatable bonds is 4. The van der Waals surface area contributed by atoms with E-state index in [1.165, 1.54) is 24.6 Å². The van der Waals surface area contributed by atoms with Crippen LogP contribution in [-0.2, 0) is 6.42 Å². The van der Waals surface area contributed by atoms with Gasteiger partial charge in [-0.15, -0.1) is 11.3 Å². The third-order valence-corrected chi connectivity index (χ3v) is 3.95. The largest absolute Gasteiger partial charge is 0.506 e. The van der Waals surface area contributed by atoms with Crippen molar-refractivity contribution in [3.05, 3.63) is 59.7 Å². The summed E-state index contributed by atoms with van der Waals surface area (Å²) in [6, 6.07) is 12.5. The maximum Gasteiger partial charge on any atom is 0.142 e. The Morgan fingerprint density at radius 3 is 2.48 bits per heavy atom. The Hall–Kier alpha value is -1.91. The number of benzene rings is 1. The van der Waals surface area contributed by atoms with Crippen molar-refractivity contribution in [3.8, 4) is 5.75 Å². The maximum atomic E-state index is 9.20. The maximum absolute atomic E-state index is 9.20. The lowest BCUT2D eigenvalue weighted by molar-refractivity contribution is 0.479. The molecule has 3 aromatic rings. The fourth-order valence-corrected chi connectivity index (χ4v) is 2.76. The molecule has 0 aliphatic heterocycles. The highest BCUT2D eigenvalue weighted by atomic mass is 32.1. The van der Waals surface area contributed by atoms with Crippen LogP contribution in [-0.4, -0.2) is 23.7 Å². The van der Waals surface area contributed by atoms with E-state index in [1.807, 2.05) is 32.3 Å². The summed E-state index contributed by atoms with van der Waals surface area (Å²) in [5.41, 5.74) is 1.43. The first kappa shape index (κ1) is 19.1. The molecular weight excluding hydrogens is 304 g/mol. The highest BCUT2D eigenvalue weighted by Crippen LogP contribution is 2.26. The van der Waals surface area contributed by atoms with Crippen molar-refractivity contribution in [3.63, 3.8) is 0 Å². The van der Waals surface area contributed by atoms with E-state index in [4.69, 9.17) is 0 Å². The highest BCUT2D eigenvalue weighted by Gasteiger charge is 1.98. The van der Waals surface area contributed by atoms with Gasteiger partial charge in [0.05, 0.1) is 10.9 Å². The van der Waals surface area contributed by atoms with Gasteiger partial charge in [0.15, 0.2) is 0 Å². The molecule has 124 valence electrons. The summed E-state index contributed by atoms with van der Waals surface area (Å²) in [6.07, 6.45) is 5.61. The van der Waals surface area contributed by atoms with Gasteiger partial charge >= 0.3 is 0 Å². The van der Waals surface area contributed by atoms with E-state index in [0.717, 1.165) is 16.6 Å². The van der Waals surface area contributed by atoms with E-state index in [2.05, 4.69) is 40.6 Å². The number of hydrogen-bond acceptors (Lipinski definition) is 4. The number of aryl methyl sites for hydroxylation is 1. The summed E-state index contributed by atoms with van der Waals surface area (Å²) in [6.45, 7) is 5.11. The fourth-order valence-electron chi connectivity index (χ4n) is 1.99. The molecule has 0 saturated carbocycles. The monoisotopic (exact) mass is 330 g/mol. The van der Waals surface area contributed by atoms with Crippen LogP contribution in [0.3, 0.4) is 0 Å². The number of nitrogens with one attached hydrogen (secondary N) is 1. The van der Waals surface area contributed by atoms with E-state index in [0.29, 0.717) is 0 Å². The van der Waals surface area contributed by atoms with Crippen molar-refractivity contribution in [1.82, 2.24) is 10.3 Å². The summed E-state index contributed by atoms with van der Waals surface area (Å²) in [5.74, 6) is 0.263. The molecular formula is C19H26N2OS. The van der Waals surface area contributed by atoms with Gasteiger partial charge in [0, 0.05) is 11.6 Å². The molecule has 0 aliphatic rings. The van der Waals surface area contributed by atoms with Crippen LogP contribution in [0.1, 0.15) is 25.8 Å². The second-order valence-electron chi connectivity index (χ2n) is 4.68. The minimum Gasteiger partial charge on any atom is -0.506 e. The molecule has 2 heterocycles. The first-order valence-corrected chi connectivity index (χ1v) is 8.88. The van der Waals surface area contributed by atoms with Crippen LogP contribution in [0.4, 0.5) is 0 Å². The molecule has 0 bridgehead atoms. The SMILES string of the molecule is CC.CNCCCc1ccccc1.Oc1cncc2sccc12. The summed E-state index contributed by atoms with van der Waals surface area (Å²) in [7, 11) is 1.99. The predicted molar refractivity (Wildman–Crippen MR) is 101 cm³/mol. The first-order valence-electron chi connectivity index (χ1n) is 8.00. The zero-order valence-corrected chi connectivity index (χ0v) is 14.9. The van der Waals surface area contributed by atoms with Crippen molar-refractivity contribution in [2.45, 2.75) is 26.7 Å². The third-order valence-electron chi connectivity index (χ3n) is 3.09. The number of nitrogens with zero attached hydrogens (tertiary/aromatic N) is 1. The van der Waals surface area contributed by atoms with Crippen molar-refractivity contribution >= 4 is 21.4 Å². The van der Waals surface area contributed by atoms with Crippen LogP contribution in [0.15, 0.2) is 54.2 Å². The number of aromatic nitrogens is 1. The Kier molecular flexibility index (Phi) is 9.68. The van der Waals surface area contributed by atoms with Crippen LogP contribution < -0.4 is 5.32 Å². The van der Waals surface area contributed by atoms with Gasteiger partial charge in [-0.05, 0) is 43.4 Å². The minimum atomic E-state index is 0.263. The van der Waals surface area contributed by atoms with Gasteiger partial charge < -0.3 is 10.4 Å². The summed E-state index contributed by atoms with van der Waals surface area (Å²) < 4.78 is 1.03. The topological polar surface area (TPSA) is 45.1 Å². The lowest BCUT2D eigenvalue weighted by Gasteiger charge is -1.99. The molecule has 3 nitrogen and oxygen atoms in total. The molecule has 0 fully saturated rings. The van der Waals surface area contributed by atoms with Crippen LogP contribution in [0, 0.1) is 0 Å². The van der Waals surface area contributed by atoms with Crippen molar-refractivity contribution in [2.24, 2.45) is 0 Å². The molecule has 0 aliphatic carbocycles. The molecule has 0 saturated heterocycles. The summed E-state index contributed by atoms with van der Waals surface area (Å²) in [4.78, 5) is 3.85. The minimum absolute atomic E-state index is 0.263. The number of aromatic hydroxyl groups is 1. The van der Waals surface area contributed by atoms with Crippen LogP contribution in [0.5, 0.6) is 5.75 Å². The van der Waals surface area contributed by atoms with Gasteiger partial charge in [0.1, 0.15) is 5.75 Å². The first-order chi connectivity index (χ1) is 11.3. The summed E-state index contributed by atoms with van der Waals surface area (Å²) >= 11 is 1.58. The van der Waals surface area contributed by atoms with Gasteiger partial charge in [0.25, 0.3) is 0 Å². The van der Waals surface area contributed by atoms with Gasteiger partial charge in [-0.25, -0.2) is 0 Å². The molecule has 0 radical (unpaired) electrons. The molecule has 2 N–H and O–H groups in total. The van der Waals surface area contributed by atoms with Crippen LogP contribution in [0.25, 0.3) is 10.1 Å². The standard InChI is InChI=1S/C10H15N.C7H5NOS.C2H6/c1-11-9-5-8-10-6-3-2-4-7-10;9-6-3-8-4-7-5(6)1-2-10-7;1-2/h2-4,6-7,11H,5,8-9H2,1H3;1-4,9H;1-2H3. The molecule has 0 unspecified atom stereocenters. The Morgan fingerprint density at radius 2 is 1.83 bits per heavy atom. The van der Waals surface area contributed by atoms with Gasteiger partial charge in [-0.3, -0.25) is 4.98 Å². The van der Waals surface area contributed by atoms with E-state index < -0.39 is 0 Å². The Morgan fingerprint density at radius 1 is 1.09 bits per heavy atom. The van der Waals surface area contributed by atoms with Gasteiger partial charge in [-0.1, -0.05) is 44.2 Å². The average molecular weight is 330 g/mol. The highest BCUT2D eigenvalue weighted by molar-refractivity contribution is 7.17. The predicted octanol–water partition coefficient (Wildman–Crippen LogP) is 4.87. The quantitative estimate of drug-likeness (QED) is 0.671. The molecule has 0 atom stereocenters. The third kappa shape index (κ3) is 6.80. The zero-order valence-electron chi connectivity index (χ0n) is 14.1. The second kappa shape index (κ2) is 11.6. The lowest BCUT2D eigenvalue weighted by Crippen LogP contribution is -2.08. The lowest BCUT2D eigenvalue weighted by atomic mass is 10.1. The Labute approximate surface area is 143 Å². The van der Waals surface area contributed by atoms with Crippen molar-refractivity contribution < 1.29 is 5.11 Å². The van der Waals surface area contributed by atoms with E-state index >= 15 is 0 Å². The van der Waals surface area contributed by atoms with E-state index in [9.17, 15) is 5.11 Å². The Bertz CT molecular complexity index is 653. The number of hydrogen-bond donors (Lipinski definition) is 2. The molecule has 0 amide bonds. The van der Waals surface area contributed by atoms with Gasteiger partial charge in [-0.2, -0.15) is 0 Å². The molecule has 3 rings (SSSR count).